The molecule has 1 unspecified atom stereocenters. The van der Waals surface area contributed by atoms with Crippen LogP contribution in [0.1, 0.15) is 47.5 Å². The third-order valence-corrected chi connectivity index (χ3v) is 1.80. The molecule has 1 aliphatic carbocycles. The predicted octanol–water partition coefficient (Wildman–Crippen LogP) is 3.52. The van der Waals surface area contributed by atoms with Crippen molar-refractivity contribution in [1.82, 2.24) is 5.32 Å². The fraction of sp³-hybridized carbons (Fsp3) is 0.909. The van der Waals surface area contributed by atoms with E-state index in [0.717, 1.165) is 6.92 Å². The molecule has 1 N–H and O–H groups in total. The van der Waals surface area contributed by atoms with Crippen molar-refractivity contribution in [1.29, 1.82) is 0 Å². The van der Waals surface area contributed by atoms with Crippen molar-refractivity contribution in [3.05, 3.63) is 0 Å². The van der Waals surface area contributed by atoms with Crippen LogP contribution < -0.4 is 5.32 Å². The Bertz CT molecular complexity index is 188. The topological polar surface area (TPSA) is 29.1 Å². The van der Waals surface area contributed by atoms with Crippen molar-refractivity contribution >= 4 is 5.91 Å². The zero-order chi connectivity index (χ0) is 13.4. The second-order valence-corrected chi connectivity index (χ2v) is 3.06. The lowest BCUT2D eigenvalue weighted by Gasteiger charge is -2.20. The van der Waals surface area contributed by atoms with Crippen LogP contribution in [0.25, 0.3) is 0 Å². The Morgan fingerprint density at radius 3 is 1.75 bits per heavy atom. The number of carbonyl (C=O) groups is 1. The van der Waals surface area contributed by atoms with Crippen LogP contribution in [0.15, 0.2) is 0 Å². The van der Waals surface area contributed by atoms with E-state index in [1.165, 1.54) is 0 Å². The summed E-state index contributed by atoms with van der Waals surface area (Å²) >= 11 is 0. The van der Waals surface area contributed by atoms with Gasteiger partial charge in [-0.15, -0.1) is 0 Å². The number of nitrogens with one attached hydrogen (secondary N) is 1. The van der Waals surface area contributed by atoms with Gasteiger partial charge in [-0.25, -0.2) is 0 Å². The van der Waals surface area contributed by atoms with Crippen LogP contribution in [0.2, 0.25) is 0 Å². The van der Waals surface area contributed by atoms with Crippen LogP contribution >= 0.6 is 0 Å². The molecule has 1 saturated carbocycles. The van der Waals surface area contributed by atoms with E-state index in [4.69, 9.17) is 0 Å². The van der Waals surface area contributed by atoms with Crippen LogP contribution in [0.5, 0.6) is 0 Å². The second kappa shape index (κ2) is 8.42. The average Bonchev–Trinajstić information content (AvgIpc) is 3.02. The average molecular weight is 241 g/mol. The van der Waals surface area contributed by atoms with Crippen LogP contribution in [0, 0.1) is 5.92 Å². The molecular weight excluding hydrogens is 219 g/mol. The lowest BCUT2D eigenvalue weighted by Crippen LogP contribution is -2.46. The largest absolute Gasteiger partial charge is 0.408 e. The number of hydrogen-bond donors (Lipinski definition) is 1. The molecule has 16 heavy (non-hydrogen) atoms. The maximum Gasteiger partial charge on any atom is 0.408 e. The molecule has 1 rings (SSSR count). The van der Waals surface area contributed by atoms with Gasteiger partial charge in [-0.3, -0.25) is 4.79 Å². The summed E-state index contributed by atoms with van der Waals surface area (Å²) in [5.74, 6) is -1.02. The summed E-state index contributed by atoms with van der Waals surface area (Å²) in [5, 5.41) is 1.92. The van der Waals surface area contributed by atoms with Gasteiger partial charge in [0.2, 0.25) is 5.91 Å². The van der Waals surface area contributed by atoms with E-state index in [9.17, 15) is 18.0 Å². The summed E-state index contributed by atoms with van der Waals surface area (Å²) in [6.45, 7) is 9.10. The normalized spacial score (nSPS) is 16.0. The van der Waals surface area contributed by atoms with Gasteiger partial charge in [0.05, 0.1) is 0 Å². The summed E-state index contributed by atoms with van der Waals surface area (Å²) in [7, 11) is 0. The Balaban J connectivity index is 0. The highest BCUT2D eigenvalue weighted by molar-refractivity contribution is 5.73. The minimum atomic E-state index is -4.30. The van der Waals surface area contributed by atoms with Gasteiger partial charge in [-0.1, -0.05) is 27.7 Å². The molecule has 0 aromatic rings. The molecule has 0 radical (unpaired) electrons. The van der Waals surface area contributed by atoms with E-state index in [1.807, 2.05) is 33.0 Å². The molecule has 0 spiro atoms. The van der Waals surface area contributed by atoms with Gasteiger partial charge in [-0.05, 0) is 18.8 Å². The van der Waals surface area contributed by atoms with E-state index in [2.05, 4.69) is 0 Å². The van der Waals surface area contributed by atoms with Gasteiger partial charge in [0, 0.05) is 6.92 Å². The number of halogens is 3. The van der Waals surface area contributed by atoms with Gasteiger partial charge in [-0.2, -0.15) is 13.2 Å². The van der Waals surface area contributed by atoms with Crippen molar-refractivity contribution in [2.75, 3.05) is 0 Å². The standard InChI is InChI=1S/C7H10F3NO.2C2H6/c1-4(12)11-6(5-2-3-5)7(8,9)10;2*1-2/h5-6H,2-3H2,1H3,(H,11,12);2*1-2H3. The fourth-order valence-corrected chi connectivity index (χ4v) is 1.12. The molecule has 1 atom stereocenters. The molecule has 2 nitrogen and oxygen atoms in total. The van der Waals surface area contributed by atoms with Gasteiger partial charge >= 0.3 is 6.18 Å². The highest BCUT2D eigenvalue weighted by Crippen LogP contribution is 2.39. The van der Waals surface area contributed by atoms with Gasteiger partial charge in [0.25, 0.3) is 0 Å². The highest BCUT2D eigenvalue weighted by Gasteiger charge is 2.49. The first-order valence-electron chi connectivity index (χ1n) is 5.75. The van der Waals surface area contributed by atoms with Crippen molar-refractivity contribution in [2.24, 2.45) is 5.92 Å². The Kier molecular flexibility index (Phi) is 9.28. The second-order valence-electron chi connectivity index (χ2n) is 3.06. The summed E-state index contributed by atoms with van der Waals surface area (Å²) < 4.78 is 36.5. The number of alkyl halides is 3. The number of hydrogen-bond acceptors (Lipinski definition) is 1. The summed E-state index contributed by atoms with van der Waals surface area (Å²) in [5.41, 5.74) is 0. The maximum absolute atomic E-state index is 12.2. The van der Waals surface area contributed by atoms with E-state index in [0.29, 0.717) is 12.8 Å². The Morgan fingerprint density at radius 1 is 1.19 bits per heavy atom. The highest BCUT2D eigenvalue weighted by atomic mass is 19.4. The summed E-state index contributed by atoms with van der Waals surface area (Å²) in [6.07, 6.45) is -3.18. The van der Waals surface area contributed by atoms with Crippen molar-refractivity contribution in [2.45, 2.75) is 59.7 Å². The van der Waals surface area contributed by atoms with E-state index < -0.39 is 24.0 Å². The minimum Gasteiger partial charge on any atom is -0.344 e. The first-order valence-corrected chi connectivity index (χ1v) is 5.75. The summed E-state index contributed by atoms with van der Waals surface area (Å²) in [6, 6.07) is -1.63. The van der Waals surface area contributed by atoms with E-state index in [1.54, 1.807) is 0 Å². The molecule has 0 aliphatic heterocycles. The third-order valence-electron chi connectivity index (χ3n) is 1.80. The van der Waals surface area contributed by atoms with Gasteiger partial charge in [0.15, 0.2) is 0 Å². The monoisotopic (exact) mass is 241 g/mol. The first-order chi connectivity index (χ1) is 7.41. The van der Waals surface area contributed by atoms with Gasteiger partial charge in [0.1, 0.15) is 6.04 Å². The number of carbonyl (C=O) groups excluding carboxylic acids is 1. The Morgan fingerprint density at radius 2 is 1.56 bits per heavy atom. The lowest BCUT2D eigenvalue weighted by atomic mass is 10.2. The summed E-state index contributed by atoms with van der Waals surface area (Å²) in [4.78, 5) is 10.4. The lowest BCUT2D eigenvalue weighted by molar-refractivity contribution is -0.165. The van der Waals surface area contributed by atoms with Crippen LogP contribution in [-0.2, 0) is 4.79 Å². The molecule has 1 aliphatic rings. The molecule has 1 fully saturated rings. The van der Waals surface area contributed by atoms with Gasteiger partial charge < -0.3 is 5.32 Å². The van der Waals surface area contributed by atoms with Crippen molar-refractivity contribution in [3.8, 4) is 0 Å². The Labute approximate surface area is 95.6 Å². The SMILES string of the molecule is CC.CC.CC(=O)NC(C1CC1)C(F)(F)F. The molecule has 0 saturated heterocycles. The quantitative estimate of drug-likeness (QED) is 0.787. The maximum atomic E-state index is 12.2. The van der Waals surface area contributed by atoms with Crippen molar-refractivity contribution < 1.29 is 18.0 Å². The zero-order valence-electron chi connectivity index (χ0n) is 10.6. The molecular formula is C11H22F3NO. The Hall–Kier alpha value is -0.740. The molecule has 0 aromatic heterocycles. The molecule has 1 amide bonds. The smallest absolute Gasteiger partial charge is 0.344 e. The number of rotatable bonds is 2. The van der Waals surface area contributed by atoms with Crippen LogP contribution in [0.4, 0.5) is 13.2 Å². The van der Waals surface area contributed by atoms with Crippen molar-refractivity contribution in [3.63, 3.8) is 0 Å². The molecule has 0 aromatic carbocycles. The molecule has 0 heterocycles. The van der Waals surface area contributed by atoms with E-state index >= 15 is 0 Å². The zero-order valence-corrected chi connectivity index (χ0v) is 10.6. The fourth-order valence-electron chi connectivity index (χ4n) is 1.12. The van der Waals surface area contributed by atoms with Crippen LogP contribution in [0.3, 0.4) is 0 Å². The van der Waals surface area contributed by atoms with Crippen LogP contribution in [-0.4, -0.2) is 18.1 Å². The third kappa shape index (κ3) is 7.54. The first kappa shape index (κ1) is 17.6. The minimum absolute atomic E-state index is 0.395. The van der Waals surface area contributed by atoms with E-state index in [-0.39, 0.29) is 0 Å². The molecule has 5 heteroatoms. The number of amides is 1. The molecule has 98 valence electrons. The predicted molar refractivity (Wildman–Crippen MR) is 59.1 cm³/mol. The molecule has 0 bridgehead atoms.